The highest BCUT2D eigenvalue weighted by Gasteiger charge is 2.30. The largest absolute Gasteiger partial charge is 0.493 e. The second-order valence-electron chi connectivity index (χ2n) is 7.69. The molecule has 2 amide bonds. The average molecular weight is 438 g/mol. The molecule has 0 saturated heterocycles. The maximum absolute atomic E-state index is 12.7. The molecule has 0 saturated carbocycles. The van der Waals surface area contributed by atoms with Gasteiger partial charge >= 0.3 is 12.2 Å². The van der Waals surface area contributed by atoms with Gasteiger partial charge in [0.2, 0.25) is 0 Å². The van der Waals surface area contributed by atoms with Crippen molar-refractivity contribution < 1.29 is 27.4 Å². The number of hydrogen-bond donors (Lipinski definition) is 2. The van der Waals surface area contributed by atoms with E-state index in [-0.39, 0.29) is 0 Å². The highest BCUT2D eigenvalue weighted by Crippen LogP contribution is 2.31. The molecular formula is C23H29F3N2O3. The number of carbonyl (C=O) groups is 1. The summed E-state index contributed by atoms with van der Waals surface area (Å²) < 4.78 is 49.2. The number of ether oxygens (including phenoxy) is 2. The number of rotatable bonds is 9. The van der Waals surface area contributed by atoms with Gasteiger partial charge in [-0.05, 0) is 55.5 Å². The Hall–Kier alpha value is -2.90. The molecule has 8 heteroatoms. The molecule has 0 radical (unpaired) electrons. The van der Waals surface area contributed by atoms with Crippen molar-refractivity contribution in [3.63, 3.8) is 0 Å². The third kappa shape index (κ3) is 7.70. The van der Waals surface area contributed by atoms with Gasteiger partial charge in [-0.2, -0.15) is 13.2 Å². The van der Waals surface area contributed by atoms with E-state index in [1.807, 2.05) is 0 Å². The van der Waals surface area contributed by atoms with Crippen LogP contribution in [0.4, 0.5) is 23.7 Å². The molecule has 0 bridgehead atoms. The van der Waals surface area contributed by atoms with Crippen molar-refractivity contribution in [1.29, 1.82) is 0 Å². The van der Waals surface area contributed by atoms with Gasteiger partial charge in [-0.15, -0.1) is 0 Å². The Balaban J connectivity index is 1.97. The van der Waals surface area contributed by atoms with Crippen molar-refractivity contribution >= 4 is 11.7 Å². The van der Waals surface area contributed by atoms with Crippen LogP contribution >= 0.6 is 0 Å². The number of benzene rings is 2. The van der Waals surface area contributed by atoms with Crippen LogP contribution in [0.3, 0.4) is 0 Å². The molecule has 0 aliphatic rings. The summed E-state index contributed by atoms with van der Waals surface area (Å²) >= 11 is 0. The predicted molar refractivity (Wildman–Crippen MR) is 115 cm³/mol. The zero-order chi connectivity index (χ0) is 23.0. The van der Waals surface area contributed by atoms with Crippen LogP contribution in [0.2, 0.25) is 0 Å². The van der Waals surface area contributed by atoms with Crippen molar-refractivity contribution in [3.05, 3.63) is 53.6 Å². The Bertz CT molecular complexity index is 852. The molecule has 0 spiro atoms. The van der Waals surface area contributed by atoms with Crippen molar-refractivity contribution in [2.24, 2.45) is 5.92 Å². The van der Waals surface area contributed by atoms with E-state index in [0.717, 1.165) is 25.0 Å². The van der Waals surface area contributed by atoms with Crippen LogP contribution in [-0.2, 0) is 6.18 Å². The van der Waals surface area contributed by atoms with E-state index in [0.29, 0.717) is 35.3 Å². The third-order valence-electron chi connectivity index (χ3n) is 4.69. The highest BCUT2D eigenvalue weighted by molar-refractivity contribution is 5.89. The average Bonchev–Trinajstić information content (AvgIpc) is 2.70. The van der Waals surface area contributed by atoms with E-state index in [1.165, 1.54) is 12.1 Å². The lowest BCUT2D eigenvalue weighted by atomic mass is 10.1. The molecule has 0 fully saturated rings. The highest BCUT2D eigenvalue weighted by atomic mass is 19.4. The Morgan fingerprint density at radius 2 is 1.71 bits per heavy atom. The molecular weight excluding hydrogens is 409 g/mol. The first-order valence-electron chi connectivity index (χ1n) is 10.2. The zero-order valence-electron chi connectivity index (χ0n) is 18.2. The normalized spacial score (nSPS) is 12.4. The van der Waals surface area contributed by atoms with Gasteiger partial charge in [-0.3, -0.25) is 0 Å². The van der Waals surface area contributed by atoms with Crippen molar-refractivity contribution in [1.82, 2.24) is 5.32 Å². The van der Waals surface area contributed by atoms with E-state index in [4.69, 9.17) is 9.47 Å². The summed E-state index contributed by atoms with van der Waals surface area (Å²) in [5, 5.41) is 5.43. The summed E-state index contributed by atoms with van der Waals surface area (Å²) in [7, 11) is 1.54. The molecule has 31 heavy (non-hydrogen) atoms. The van der Waals surface area contributed by atoms with Crippen molar-refractivity contribution in [3.8, 4) is 11.5 Å². The standard InChI is InChI=1S/C23H29F3N2O3/c1-15(2)6-5-13-31-21-14-19(11-12-20(21)30-4)28-22(29)27-16(3)17-7-9-18(10-8-17)23(24,25)26/h7-12,14-16H,5-6,13H2,1-4H3,(H2,27,28,29)/t16-/m0/s1. The third-order valence-corrected chi connectivity index (χ3v) is 4.69. The molecule has 0 unspecified atom stereocenters. The maximum Gasteiger partial charge on any atom is 0.416 e. The van der Waals surface area contributed by atoms with Gasteiger partial charge in [-0.25, -0.2) is 4.79 Å². The lowest BCUT2D eigenvalue weighted by molar-refractivity contribution is -0.137. The summed E-state index contributed by atoms with van der Waals surface area (Å²) in [5.41, 5.74) is 0.343. The van der Waals surface area contributed by atoms with Gasteiger partial charge < -0.3 is 20.1 Å². The SMILES string of the molecule is COc1ccc(NC(=O)N[C@@H](C)c2ccc(C(F)(F)F)cc2)cc1OCCCC(C)C. The summed E-state index contributed by atoms with van der Waals surface area (Å²) in [6.07, 6.45) is -2.44. The fourth-order valence-electron chi connectivity index (χ4n) is 2.95. The van der Waals surface area contributed by atoms with Gasteiger partial charge in [0.15, 0.2) is 11.5 Å². The molecule has 2 N–H and O–H groups in total. The number of halogens is 3. The van der Waals surface area contributed by atoms with Gasteiger partial charge in [0.05, 0.1) is 25.3 Å². The minimum atomic E-state index is -4.39. The van der Waals surface area contributed by atoms with Crippen molar-refractivity contribution in [2.45, 2.75) is 45.8 Å². The van der Waals surface area contributed by atoms with Gasteiger partial charge in [0, 0.05) is 11.8 Å². The lowest BCUT2D eigenvalue weighted by Crippen LogP contribution is -2.31. The quantitative estimate of drug-likeness (QED) is 0.445. The summed E-state index contributed by atoms with van der Waals surface area (Å²) in [6, 6.07) is 8.80. The minimum absolute atomic E-state index is 0.479. The van der Waals surface area contributed by atoms with Crippen LogP contribution in [0.15, 0.2) is 42.5 Å². The number of urea groups is 1. The molecule has 5 nitrogen and oxygen atoms in total. The first kappa shape index (κ1) is 24.4. The maximum atomic E-state index is 12.7. The Morgan fingerprint density at radius 3 is 2.29 bits per heavy atom. The van der Waals surface area contributed by atoms with E-state index in [2.05, 4.69) is 24.5 Å². The van der Waals surface area contributed by atoms with Crippen LogP contribution in [-0.4, -0.2) is 19.7 Å². The zero-order valence-corrected chi connectivity index (χ0v) is 18.2. The molecule has 170 valence electrons. The van der Waals surface area contributed by atoms with Crippen LogP contribution in [0.1, 0.15) is 50.8 Å². The number of amides is 2. The monoisotopic (exact) mass is 438 g/mol. The summed E-state index contributed by atoms with van der Waals surface area (Å²) in [6.45, 7) is 6.53. The minimum Gasteiger partial charge on any atom is -0.493 e. The molecule has 2 aromatic carbocycles. The van der Waals surface area contributed by atoms with Gasteiger partial charge in [0.25, 0.3) is 0 Å². The molecule has 0 aliphatic heterocycles. The fraction of sp³-hybridized carbons (Fsp3) is 0.435. The Morgan fingerprint density at radius 1 is 1.03 bits per heavy atom. The second kappa shape index (κ2) is 10.9. The van der Waals surface area contributed by atoms with E-state index >= 15 is 0 Å². The number of hydrogen-bond acceptors (Lipinski definition) is 3. The fourth-order valence-corrected chi connectivity index (χ4v) is 2.95. The number of alkyl halides is 3. The van der Waals surface area contributed by atoms with Gasteiger partial charge in [-0.1, -0.05) is 26.0 Å². The Kier molecular flexibility index (Phi) is 8.59. The number of nitrogens with one attached hydrogen (secondary N) is 2. The molecule has 0 aliphatic carbocycles. The number of carbonyl (C=O) groups excluding carboxylic acids is 1. The lowest BCUT2D eigenvalue weighted by Gasteiger charge is -2.17. The molecule has 2 aromatic rings. The number of anilines is 1. The van der Waals surface area contributed by atoms with Crippen LogP contribution in [0.5, 0.6) is 11.5 Å². The summed E-state index contributed by atoms with van der Waals surface area (Å²) in [5.74, 6) is 1.68. The van der Waals surface area contributed by atoms with E-state index in [1.54, 1.807) is 32.2 Å². The molecule has 0 aromatic heterocycles. The first-order chi connectivity index (χ1) is 14.6. The first-order valence-corrected chi connectivity index (χ1v) is 10.2. The number of methoxy groups -OCH3 is 1. The topological polar surface area (TPSA) is 59.6 Å². The second-order valence-corrected chi connectivity index (χ2v) is 7.69. The van der Waals surface area contributed by atoms with Crippen LogP contribution < -0.4 is 20.1 Å². The Labute approximate surface area is 180 Å². The smallest absolute Gasteiger partial charge is 0.416 e. The molecule has 2 rings (SSSR count). The summed E-state index contributed by atoms with van der Waals surface area (Å²) in [4.78, 5) is 12.3. The van der Waals surface area contributed by atoms with E-state index < -0.39 is 23.8 Å². The van der Waals surface area contributed by atoms with Gasteiger partial charge in [0.1, 0.15) is 0 Å². The van der Waals surface area contributed by atoms with E-state index in [9.17, 15) is 18.0 Å². The molecule has 0 heterocycles. The van der Waals surface area contributed by atoms with Crippen molar-refractivity contribution in [2.75, 3.05) is 19.0 Å². The predicted octanol–water partition coefficient (Wildman–Crippen LogP) is 6.41. The van der Waals surface area contributed by atoms with Crippen LogP contribution in [0.25, 0.3) is 0 Å². The van der Waals surface area contributed by atoms with Crippen LogP contribution in [0, 0.1) is 5.92 Å². The molecule has 1 atom stereocenters.